The third-order valence-corrected chi connectivity index (χ3v) is 6.73. The van der Waals surface area contributed by atoms with E-state index in [1.807, 2.05) is 12.1 Å². The van der Waals surface area contributed by atoms with E-state index in [4.69, 9.17) is 4.42 Å². The lowest BCUT2D eigenvalue weighted by atomic mass is 9.99. The van der Waals surface area contributed by atoms with Crippen LogP contribution >= 0.6 is 0 Å². The van der Waals surface area contributed by atoms with Gasteiger partial charge in [-0.25, -0.2) is 0 Å². The maximum atomic E-state index is 6.33. The van der Waals surface area contributed by atoms with E-state index in [0.29, 0.717) is 0 Å². The van der Waals surface area contributed by atoms with Crippen LogP contribution in [0.2, 0.25) is 0 Å². The Balaban J connectivity index is 1.56. The summed E-state index contributed by atoms with van der Waals surface area (Å²) in [5.74, 6) is 0. The van der Waals surface area contributed by atoms with Crippen molar-refractivity contribution in [2.45, 2.75) is 6.92 Å². The van der Waals surface area contributed by atoms with Gasteiger partial charge in [-0.3, -0.25) is 0 Å². The largest absolute Gasteiger partial charge is 0.455 e. The minimum Gasteiger partial charge on any atom is -0.455 e. The fourth-order valence-corrected chi connectivity index (χ4v) is 5.25. The van der Waals surface area contributed by atoms with Crippen molar-refractivity contribution in [3.8, 4) is 16.8 Å². The number of aromatic nitrogens is 1. The third-order valence-electron chi connectivity index (χ3n) is 6.73. The van der Waals surface area contributed by atoms with Crippen molar-refractivity contribution < 1.29 is 4.42 Å². The van der Waals surface area contributed by atoms with Gasteiger partial charge in [-0.2, -0.15) is 0 Å². The summed E-state index contributed by atoms with van der Waals surface area (Å²) < 4.78 is 8.69. The summed E-state index contributed by atoms with van der Waals surface area (Å²) in [5.41, 5.74) is 9.07. The number of rotatable bonds is 2. The Morgan fingerprint density at radius 1 is 0.606 bits per heavy atom. The van der Waals surface area contributed by atoms with Gasteiger partial charge in [0.2, 0.25) is 0 Å². The highest BCUT2D eigenvalue weighted by Gasteiger charge is 2.16. The molecule has 156 valence electrons. The van der Waals surface area contributed by atoms with Gasteiger partial charge in [0.1, 0.15) is 11.2 Å². The lowest BCUT2D eigenvalue weighted by molar-refractivity contribution is 0.670. The van der Waals surface area contributed by atoms with E-state index < -0.39 is 0 Å². The molecule has 0 aliphatic heterocycles. The maximum absolute atomic E-state index is 6.33. The normalized spacial score (nSPS) is 11.8. The molecule has 0 N–H and O–H groups in total. The van der Waals surface area contributed by atoms with Crippen LogP contribution < -0.4 is 0 Å². The van der Waals surface area contributed by atoms with E-state index in [2.05, 4.69) is 109 Å². The highest BCUT2D eigenvalue weighted by atomic mass is 16.3. The molecule has 2 aromatic heterocycles. The minimum atomic E-state index is 0.928. The third kappa shape index (κ3) is 2.61. The molecular weight excluding hydrogens is 402 g/mol. The first-order chi connectivity index (χ1) is 16.3. The average molecular weight is 424 g/mol. The van der Waals surface area contributed by atoms with Crippen LogP contribution in [0.1, 0.15) is 5.56 Å². The molecule has 0 amide bonds. The van der Waals surface area contributed by atoms with Gasteiger partial charge in [-0.05, 0) is 54.4 Å². The lowest BCUT2D eigenvalue weighted by Crippen LogP contribution is -1.93. The number of aryl methyl sites for hydroxylation is 1. The molecule has 0 aliphatic rings. The maximum Gasteiger partial charge on any atom is 0.143 e. The van der Waals surface area contributed by atoms with Crippen molar-refractivity contribution in [2.24, 2.45) is 0 Å². The SMILES string of the molecule is Cc1cccc2c1c1cc(-c3cccc4c3oc3ccccc34)ccc1n2-c1ccccc1. The zero-order valence-corrected chi connectivity index (χ0v) is 18.2. The second-order valence-electron chi connectivity index (χ2n) is 8.65. The second kappa shape index (κ2) is 6.85. The zero-order chi connectivity index (χ0) is 21.9. The standard InChI is InChI=1S/C31H21NO/c1-20-9-7-15-28-30(20)26-19-21(17-18-27(26)32(28)22-10-3-2-4-11-22)23-13-8-14-25-24-12-5-6-16-29(24)33-31(23)25/h2-19H,1H3. The van der Waals surface area contributed by atoms with Crippen molar-refractivity contribution in [3.05, 3.63) is 115 Å². The molecule has 0 spiro atoms. The zero-order valence-electron chi connectivity index (χ0n) is 18.2. The van der Waals surface area contributed by atoms with Gasteiger partial charge >= 0.3 is 0 Å². The van der Waals surface area contributed by atoms with Crippen LogP contribution in [0.25, 0.3) is 60.6 Å². The highest BCUT2D eigenvalue weighted by molar-refractivity contribution is 6.14. The smallest absolute Gasteiger partial charge is 0.143 e. The summed E-state index contributed by atoms with van der Waals surface area (Å²) in [7, 11) is 0. The number of hydrogen-bond acceptors (Lipinski definition) is 1. The van der Waals surface area contributed by atoms with Crippen molar-refractivity contribution in [3.63, 3.8) is 0 Å². The molecule has 7 rings (SSSR count). The second-order valence-corrected chi connectivity index (χ2v) is 8.65. The van der Waals surface area contributed by atoms with Gasteiger partial charge in [0.05, 0.1) is 11.0 Å². The summed E-state index contributed by atoms with van der Waals surface area (Å²) in [6.45, 7) is 2.20. The predicted molar refractivity (Wildman–Crippen MR) is 138 cm³/mol. The number of furan rings is 1. The molecule has 0 atom stereocenters. The Morgan fingerprint density at radius 2 is 1.39 bits per heavy atom. The van der Waals surface area contributed by atoms with Crippen LogP contribution in [0.15, 0.2) is 114 Å². The molecule has 0 saturated carbocycles. The molecule has 2 heterocycles. The van der Waals surface area contributed by atoms with Gasteiger partial charge in [0.15, 0.2) is 0 Å². The molecule has 0 aliphatic carbocycles. The molecule has 0 radical (unpaired) electrons. The van der Waals surface area contributed by atoms with E-state index >= 15 is 0 Å². The fraction of sp³-hybridized carbons (Fsp3) is 0.0323. The summed E-state index contributed by atoms with van der Waals surface area (Å²) in [6, 6.07) is 38.7. The molecule has 2 nitrogen and oxygen atoms in total. The summed E-state index contributed by atoms with van der Waals surface area (Å²) in [5, 5.41) is 4.88. The van der Waals surface area contributed by atoms with Crippen molar-refractivity contribution in [2.75, 3.05) is 0 Å². The Labute approximate surface area is 191 Å². The molecular formula is C31H21NO. The van der Waals surface area contributed by atoms with Crippen LogP contribution in [0.3, 0.4) is 0 Å². The monoisotopic (exact) mass is 423 g/mol. The van der Waals surface area contributed by atoms with Crippen LogP contribution in [-0.2, 0) is 0 Å². The highest BCUT2D eigenvalue weighted by Crippen LogP contribution is 2.39. The quantitative estimate of drug-likeness (QED) is 0.272. The van der Waals surface area contributed by atoms with Gasteiger partial charge < -0.3 is 8.98 Å². The number of fused-ring (bicyclic) bond motifs is 6. The van der Waals surface area contributed by atoms with Gasteiger partial charge in [-0.15, -0.1) is 0 Å². The first-order valence-corrected chi connectivity index (χ1v) is 11.3. The van der Waals surface area contributed by atoms with E-state index in [1.54, 1.807) is 0 Å². The molecule has 0 fully saturated rings. The van der Waals surface area contributed by atoms with Gasteiger partial charge in [0, 0.05) is 32.8 Å². The van der Waals surface area contributed by atoms with Crippen molar-refractivity contribution >= 4 is 43.7 Å². The first-order valence-electron chi connectivity index (χ1n) is 11.3. The van der Waals surface area contributed by atoms with Crippen molar-refractivity contribution in [1.29, 1.82) is 0 Å². The number of hydrogen-bond donors (Lipinski definition) is 0. The summed E-state index contributed by atoms with van der Waals surface area (Å²) in [6.07, 6.45) is 0. The topological polar surface area (TPSA) is 18.1 Å². The Hall–Kier alpha value is -4.30. The Bertz CT molecular complexity index is 1820. The molecule has 0 unspecified atom stereocenters. The lowest BCUT2D eigenvalue weighted by Gasteiger charge is -2.08. The number of nitrogens with zero attached hydrogens (tertiary/aromatic N) is 1. The first kappa shape index (κ1) is 18.3. The van der Waals surface area contributed by atoms with Crippen LogP contribution in [-0.4, -0.2) is 4.57 Å². The van der Waals surface area contributed by atoms with Crippen LogP contribution in [0.5, 0.6) is 0 Å². The summed E-state index contributed by atoms with van der Waals surface area (Å²) in [4.78, 5) is 0. The average Bonchev–Trinajstić information content (AvgIpc) is 3.40. The molecule has 5 aromatic carbocycles. The van der Waals surface area contributed by atoms with E-state index in [-0.39, 0.29) is 0 Å². The van der Waals surface area contributed by atoms with Crippen LogP contribution in [0, 0.1) is 6.92 Å². The Kier molecular flexibility index (Phi) is 3.80. The summed E-state index contributed by atoms with van der Waals surface area (Å²) >= 11 is 0. The predicted octanol–water partition coefficient (Wildman–Crippen LogP) is 8.66. The van der Waals surface area contributed by atoms with Gasteiger partial charge in [-0.1, -0.05) is 72.8 Å². The fourth-order valence-electron chi connectivity index (χ4n) is 5.25. The van der Waals surface area contributed by atoms with E-state index in [0.717, 1.165) is 27.5 Å². The molecule has 0 saturated heterocycles. The number of para-hydroxylation sites is 3. The van der Waals surface area contributed by atoms with Crippen LogP contribution in [0.4, 0.5) is 0 Å². The minimum absolute atomic E-state index is 0.928. The Morgan fingerprint density at radius 3 is 2.30 bits per heavy atom. The molecule has 7 aromatic rings. The molecule has 0 bridgehead atoms. The van der Waals surface area contributed by atoms with E-state index in [9.17, 15) is 0 Å². The van der Waals surface area contributed by atoms with Crippen molar-refractivity contribution in [1.82, 2.24) is 4.57 Å². The molecule has 33 heavy (non-hydrogen) atoms. The molecule has 2 heteroatoms. The van der Waals surface area contributed by atoms with E-state index in [1.165, 1.54) is 38.6 Å². The van der Waals surface area contributed by atoms with Gasteiger partial charge in [0.25, 0.3) is 0 Å². The number of benzene rings is 5.